The van der Waals surface area contributed by atoms with Crippen LogP contribution in [0.1, 0.15) is 16.8 Å². The molecule has 0 N–H and O–H groups in total. The van der Waals surface area contributed by atoms with E-state index in [9.17, 15) is 21.6 Å². The van der Waals surface area contributed by atoms with Crippen molar-refractivity contribution in [2.45, 2.75) is 17.5 Å². The number of rotatable bonds is 4. The minimum absolute atomic E-state index is 0.0255. The van der Waals surface area contributed by atoms with E-state index in [0.29, 0.717) is 21.8 Å². The van der Waals surface area contributed by atoms with Crippen LogP contribution in [0.3, 0.4) is 0 Å². The molecule has 0 aliphatic heterocycles. The molecule has 160 valence electrons. The van der Waals surface area contributed by atoms with Gasteiger partial charge in [-0.15, -0.1) is 0 Å². The molecule has 4 nitrogen and oxygen atoms in total. The van der Waals surface area contributed by atoms with Gasteiger partial charge in [0.25, 0.3) is 10.0 Å². The number of nitrogens with zero attached hydrogens (tertiary/aromatic N) is 2. The van der Waals surface area contributed by atoms with Crippen molar-refractivity contribution in [3.8, 4) is 0 Å². The van der Waals surface area contributed by atoms with Gasteiger partial charge in [-0.25, -0.2) is 12.4 Å². The lowest BCUT2D eigenvalue weighted by molar-refractivity contribution is -0.137. The molecule has 4 aromatic rings. The summed E-state index contributed by atoms with van der Waals surface area (Å²) >= 11 is 12.5. The first-order valence-corrected chi connectivity index (χ1v) is 11.1. The van der Waals surface area contributed by atoms with Crippen molar-refractivity contribution in [3.05, 3.63) is 93.7 Å². The van der Waals surface area contributed by atoms with Crippen LogP contribution in [0.2, 0.25) is 10.0 Å². The number of alkyl halides is 3. The van der Waals surface area contributed by atoms with Crippen LogP contribution < -0.4 is 0 Å². The Bertz CT molecular complexity index is 1370. The summed E-state index contributed by atoms with van der Waals surface area (Å²) in [5.41, 5.74) is -0.498. The Labute approximate surface area is 185 Å². The molecule has 2 aromatic heterocycles. The molecule has 0 amide bonds. The van der Waals surface area contributed by atoms with E-state index in [1.54, 1.807) is 24.3 Å². The van der Waals surface area contributed by atoms with Crippen molar-refractivity contribution in [2.75, 3.05) is 0 Å². The van der Waals surface area contributed by atoms with Gasteiger partial charge in [0.05, 0.1) is 21.5 Å². The molecular weight excluding hydrogens is 472 g/mol. The number of pyridine rings is 1. The smallest absolute Gasteiger partial charge is 0.254 e. The largest absolute Gasteiger partial charge is 0.417 e. The van der Waals surface area contributed by atoms with Gasteiger partial charge in [0.15, 0.2) is 0 Å². The maximum absolute atomic E-state index is 13.4. The summed E-state index contributed by atoms with van der Waals surface area (Å²) in [6, 6.07) is 14.5. The number of aromatic nitrogens is 2. The molecule has 0 saturated heterocycles. The maximum Gasteiger partial charge on any atom is 0.417 e. The predicted octanol–water partition coefficient (Wildman–Crippen LogP) is 6.19. The molecule has 4 rings (SSSR count). The topological polar surface area (TPSA) is 52.0 Å². The number of fused-ring (bicyclic) bond motifs is 1. The summed E-state index contributed by atoms with van der Waals surface area (Å²) in [6.07, 6.45) is -4.03. The fourth-order valence-corrected chi connectivity index (χ4v) is 5.32. The van der Waals surface area contributed by atoms with Crippen molar-refractivity contribution in [1.29, 1.82) is 0 Å². The molecule has 0 saturated carbocycles. The first-order chi connectivity index (χ1) is 14.6. The number of benzene rings is 2. The van der Waals surface area contributed by atoms with Crippen molar-refractivity contribution in [1.82, 2.24) is 8.96 Å². The van der Waals surface area contributed by atoms with Crippen molar-refractivity contribution in [3.63, 3.8) is 0 Å². The molecule has 31 heavy (non-hydrogen) atoms. The van der Waals surface area contributed by atoms with Gasteiger partial charge in [0.1, 0.15) is 0 Å². The van der Waals surface area contributed by atoms with Gasteiger partial charge in [-0.05, 0) is 42.0 Å². The molecule has 2 heterocycles. The second kappa shape index (κ2) is 7.85. The minimum Gasteiger partial charge on any atom is -0.254 e. The Morgan fingerprint density at radius 3 is 2.19 bits per heavy atom. The van der Waals surface area contributed by atoms with Gasteiger partial charge < -0.3 is 0 Å². The predicted molar refractivity (Wildman–Crippen MR) is 113 cm³/mol. The van der Waals surface area contributed by atoms with Gasteiger partial charge in [-0.3, -0.25) is 4.98 Å². The lowest BCUT2D eigenvalue weighted by atomic mass is 10.1. The van der Waals surface area contributed by atoms with E-state index < -0.39 is 21.8 Å². The lowest BCUT2D eigenvalue weighted by Crippen LogP contribution is -2.16. The second-order valence-corrected chi connectivity index (χ2v) is 9.32. The Morgan fingerprint density at radius 1 is 0.935 bits per heavy atom. The third kappa shape index (κ3) is 4.03. The van der Waals surface area contributed by atoms with Crippen molar-refractivity contribution in [2.24, 2.45) is 0 Å². The van der Waals surface area contributed by atoms with Crippen molar-refractivity contribution < 1.29 is 21.6 Å². The average molecular weight is 485 g/mol. The standard InChI is InChI=1S/C21H13Cl2F3N2O2S/c22-17-7-4-8-18(23)16(17)10-14-11-19-20(9-13(12-27-19)21(24,25)26)28(14)31(29,30)15-5-2-1-3-6-15/h1-9,11-12H,10H2. The molecule has 0 atom stereocenters. The van der Waals surface area contributed by atoms with E-state index in [1.807, 2.05) is 0 Å². The van der Waals surface area contributed by atoms with E-state index in [-0.39, 0.29) is 28.0 Å². The molecule has 10 heteroatoms. The van der Waals surface area contributed by atoms with E-state index in [0.717, 1.165) is 10.0 Å². The number of hydrogen-bond acceptors (Lipinski definition) is 3. The Balaban J connectivity index is 2.01. The normalized spacial score (nSPS) is 12.4. The zero-order chi connectivity index (χ0) is 22.4. The lowest BCUT2D eigenvalue weighted by Gasteiger charge is -2.14. The van der Waals surface area contributed by atoms with Crippen molar-refractivity contribution >= 4 is 44.3 Å². The summed E-state index contributed by atoms with van der Waals surface area (Å²) in [5.74, 6) is 0. The zero-order valence-corrected chi connectivity index (χ0v) is 17.9. The van der Waals surface area contributed by atoms with Crippen LogP contribution in [0.4, 0.5) is 13.2 Å². The molecule has 0 fully saturated rings. The van der Waals surface area contributed by atoms with Crippen LogP contribution >= 0.6 is 23.2 Å². The van der Waals surface area contributed by atoms with Crippen LogP contribution in [0, 0.1) is 0 Å². The molecule has 0 radical (unpaired) electrons. The highest BCUT2D eigenvalue weighted by Crippen LogP contribution is 2.34. The number of halogens is 5. The molecule has 2 aromatic carbocycles. The fourth-order valence-electron chi connectivity index (χ4n) is 3.25. The van der Waals surface area contributed by atoms with Gasteiger partial charge in [0, 0.05) is 28.4 Å². The van der Waals surface area contributed by atoms with Gasteiger partial charge in [0.2, 0.25) is 0 Å². The summed E-state index contributed by atoms with van der Waals surface area (Å²) in [4.78, 5) is 3.78. The molecule has 0 bridgehead atoms. The third-order valence-electron chi connectivity index (χ3n) is 4.71. The zero-order valence-electron chi connectivity index (χ0n) is 15.6. The monoisotopic (exact) mass is 484 g/mol. The Morgan fingerprint density at radius 2 is 1.58 bits per heavy atom. The van der Waals surface area contributed by atoms with Crippen LogP contribution in [0.25, 0.3) is 11.0 Å². The van der Waals surface area contributed by atoms with Gasteiger partial charge in [-0.2, -0.15) is 13.2 Å². The summed E-state index contributed by atoms with van der Waals surface area (Å²) in [6.45, 7) is 0. The minimum atomic E-state index is -4.68. The highest BCUT2D eigenvalue weighted by molar-refractivity contribution is 7.90. The Hall–Kier alpha value is -2.55. The first kappa shape index (κ1) is 21.7. The maximum atomic E-state index is 13.4. The second-order valence-electron chi connectivity index (χ2n) is 6.72. The summed E-state index contributed by atoms with van der Waals surface area (Å²) in [7, 11) is -4.24. The number of hydrogen-bond donors (Lipinski definition) is 0. The first-order valence-electron chi connectivity index (χ1n) is 8.90. The SMILES string of the molecule is O=S(=O)(c1ccccc1)n1c(Cc2c(Cl)cccc2Cl)cc2ncc(C(F)(F)F)cc21. The quantitative estimate of drug-likeness (QED) is 0.347. The van der Waals surface area contributed by atoms with Crippen LogP contribution in [0.5, 0.6) is 0 Å². The average Bonchev–Trinajstić information content (AvgIpc) is 3.09. The molecule has 0 spiro atoms. The van der Waals surface area contributed by atoms with E-state index in [2.05, 4.69) is 4.98 Å². The molecule has 0 unspecified atom stereocenters. The molecule has 0 aliphatic rings. The molecule has 0 aliphatic carbocycles. The third-order valence-corrected chi connectivity index (χ3v) is 7.20. The van der Waals surface area contributed by atoms with Crippen LogP contribution in [0.15, 0.2) is 71.8 Å². The van der Waals surface area contributed by atoms with E-state index >= 15 is 0 Å². The van der Waals surface area contributed by atoms with E-state index in [1.165, 1.54) is 30.3 Å². The van der Waals surface area contributed by atoms with Gasteiger partial charge in [-0.1, -0.05) is 47.5 Å². The van der Waals surface area contributed by atoms with E-state index in [4.69, 9.17) is 23.2 Å². The molecular formula is C21H13Cl2F3N2O2S. The van der Waals surface area contributed by atoms with Crippen LogP contribution in [-0.2, 0) is 22.6 Å². The summed E-state index contributed by atoms with van der Waals surface area (Å²) < 4.78 is 67.6. The highest BCUT2D eigenvalue weighted by atomic mass is 35.5. The summed E-state index contributed by atoms with van der Waals surface area (Å²) in [5, 5.41) is 0.621. The highest BCUT2D eigenvalue weighted by Gasteiger charge is 2.33. The van der Waals surface area contributed by atoms with Gasteiger partial charge >= 0.3 is 6.18 Å². The Kier molecular flexibility index (Phi) is 5.49. The van der Waals surface area contributed by atoms with Crippen LogP contribution in [-0.4, -0.2) is 17.4 Å². The fraction of sp³-hybridized carbons (Fsp3) is 0.0952.